The van der Waals surface area contributed by atoms with Crippen molar-refractivity contribution in [1.29, 1.82) is 0 Å². The fraction of sp³-hybridized carbons (Fsp3) is 1.00. The Morgan fingerprint density at radius 1 is 0.299 bits per heavy atom. The normalized spacial score (nSPS) is 52.5. The third kappa shape index (κ3) is 9.75. The molecule has 20 N–H and O–H groups in total. The molecule has 31 nitrogen and oxygen atoms in total. The topological polar surface area (TPSA) is 506 Å². The van der Waals surface area contributed by atoms with Crippen molar-refractivity contribution in [3.63, 3.8) is 0 Å². The Morgan fingerprint density at radius 2 is 0.567 bits per heavy atom. The summed E-state index contributed by atoms with van der Waals surface area (Å²) in [5, 5.41) is 211. The highest BCUT2D eigenvalue weighted by molar-refractivity contribution is 5.05. The standard InChI is InChI=1S/C36H62O31/c37-1-12-18(44)24(50)25(51)31(61-12)67-36(30(56)23(49)17(6-42)66-36)11-60-35(29(55)22(48)16(5-41)65-35)10-59-34(28(54)21(47)15(4-40)64-34)9-58-33(27(53)20(46)14(3-39)63-33)8-57-32(7-43)26(52)19(45)13(2-38)62-32/h12-31,37-56H,1-11H2/t12?,13?,14?,15?,16?,17?,18?,19?,20?,21?,22?,23?,24?,25?,26?,27?,28?,29?,30?,31?,32-,33-,34-,35-,36+/m1/s1. The highest BCUT2D eigenvalue weighted by Gasteiger charge is 2.66. The van der Waals surface area contributed by atoms with Gasteiger partial charge in [-0.05, 0) is 0 Å². The van der Waals surface area contributed by atoms with Crippen molar-refractivity contribution < 1.29 is 154 Å². The Bertz CT molecular complexity index is 1590. The van der Waals surface area contributed by atoms with Gasteiger partial charge in [-0.1, -0.05) is 0 Å². The fourth-order valence-electron chi connectivity index (χ4n) is 8.66. The first-order valence-electron chi connectivity index (χ1n) is 21.0. The Labute approximate surface area is 378 Å². The first kappa shape index (κ1) is 55.1. The van der Waals surface area contributed by atoms with Crippen LogP contribution in [0.3, 0.4) is 0 Å². The molecule has 6 heterocycles. The molecule has 0 aromatic carbocycles. The number of aliphatic hydroxyl groups is 20. The molecule has 6 aliphatic heterocycles. The van der Waals surface area contributed by atoms with E-state index >= 15 is 0 Å². The second-order valence-corrected chi connectivity index (χ2v) is 17.1. The van der Waals surface area contributed by atoms with Crippen LogP contribution in [0.4, 0.5) is 0 Å². The zero-order chi connectivity index (χ0) is 49.6. The molecule has 0 bridgehead atoms. The molecule has 31 heteroatoms. The third-order valence-electron chi connectivity index (χ3n) is 12.9. The maximum atomic E-state index is 11.5. The van der Waals surface area contributed by atoms with E-state index in [0.717, 1.165) is 0 Å². The number of ether oxygens (including phenoxy) is 11. The molecule has 6 rings (SSSR count). The number of rotatable bonds is 21. The van der Waals surface area contributed by atoms with Gasteiger partial charge in [-0.3, -0.25) is 0 Å². The van der Waals surface area contributed by atoms with Crippen molar-refractivity contribution in [2.75, 3.05) is 72.7 Å². The van der Waals surface area contributed by atoms with Gasteiger partial charge in [-0.15, -0.1) is 0 Å². The molecule has 0 aromatic heterocycles. The van der Waals surface area contributed by atoms with E-state index in [0.29, 0.717) is 0 Å². The van der Waals surface area contributed by atoms with Crippen LogP contribution in [0.5, 0.6) is 0 Å². The number of hydrogen-bond acceptors (Lipinski definition) is 31. The predicted molar refractivity (Wildman–Crippen MR) is 199 cm³/mol. The lowest BCUT2D eigenvalue weighted by Gasteiger charge is -2.45. The molecule has 67 heavy (non-hydrogen) atoms. The van der Waals surface area contributed by atoms with Crippen molar-refractivity contribution >= 4 is 0 Å². The lowest BCUT2D eigenvalue weighted by Crippen LogP contribution is -2.64. The lowest BCUT2D eigenvalue weighted by atomic mass is 9.99. The van der Waals surface area contributed by atoms with Crippen molar-refractivity contribution in [3.05, 3.63) is 0 Å². The summed E-state index contributed by atoms with van der Waals surface area (Å²) in [5.74, 6) is -14.0. The molecule has 6 saturated heterocycles. The molecule has 0 aromatic rings. The van der Waals surface area contributed by atoms with Gasteiger partial charge in [0.05, 0.1) is 39.6 Å². The average molecular weight is 991 g/mol. The Balaban J connectivity index is 1.33. The van der Waals surface area contributed by atoms with Crippen molar-refractivity contribution in [1.82, 2.24) is 0 Å². The van der Waals surface area contributed by atoms with Crippen LogP contribution < -0.4 is 0 Å². The van der Waals surface area contributed by atoms with E-state index < -0.39 is 224 Å². The first-order chi connectivity index (χ1) is 31.6. The van der Waals surface area contributed by atoms with Gasteiger partial charge >= 0.3 is 0 Å². The lowest BCUT2D eigenvalue weighted by molar-refractivity contribution is -0.407. The molecule has 0 radical (unpaired) electrons. The highest BCUT2D eigenvalue weighted by atomic mass is 16.8. The third-order valence-corrected chi connectivity index (χ3v) is 12.9. The number of hydrogen-bond donors (Lipinski definition) is 20. The monoisotopic (exact) mass is 990 g/mol. The molecule has 0 saturated carbocycles. The summed E-state index contributed by atoms with van der Waals surface area (Å²) >= 11 is 0. The summed E-state index contributed by atoms with van der Waals surface area (Å²) in [6.45, 7) is -12.4. The van der Waals surface area contributed by atoms with Crippen LogP contribution in [-0.2, 0) is 52.1 Å². The smallest absolute Gasteiger partial charge is 0.224 e. The molecule has 20 unspecified atom stereocenters. The zero-order valence-corrected chi connectivity index (χ0v) is 35.3. The fourth-order valence-corrected chi connectivity index (χ4v) is 8.66. The molecule has 6 fully saturated rings. The highest BCUT2D eigenvalue weighted by Crippen LogP contribution is 2.44. The second-order valence-electron chi connectivity index (χ2n) is 17.1. The van der Waals surface area contributed by atoms with Gasteiger partial charge in [0.2, 0.25) is 28.9 Å². The molecular weight excluding hydrogens is 928 g/mol. The van der Waals surface area contributed by atoms with E-state index in [1.807, 2.05) is 0 Å². The Hall–Kier alpha value is -1.24. The summed E-state index contributed by atoms with van der Waals surface area (Å²) < 4.78 is 62.6. The van der Waals surface area contributed by atoms with Gasteiger partial charge in [0.1, 0.15) is 149 Å². The van der Waals surface area contributed by atoms with E-state index in [4.69, 9.17) is 52.1 Å². The van der Waals surface area contributed by atoms with E-state index in [1.165, 1.54) is 0 Å². The van der Waals surface area contributed by atoms with Crippen LogP contribution in [0, 0.1) is 0 Å². The van der Waals surface area contributed by atoms with Crippen molar-refractivity contribution in [2.45, 2.75) is 151 Å². The summed E-state index contributed by atoms with van der Waals surface area (Å²) in [6.07, 6.45) is -39.7. The quantitative estimate of drug-likeness (QED) is 0.0508. The minimum absolute atomic E-state index is 0.885. The zero-order valence-electron chi connectivity index (χ0n) is 35.3. The van der Waals surface area contributed by atoms with Gasteiger partial charge in [0.25, 0.3) is 0 Å². The van der Waals surface area contributed by atoms with Gasteiger partial charge in [-0.25, -0.2) is 0 Å². The maximum absolute atomic E-state index is 11.5. The SMILES string of the molecule is OCC1OC(O[C@]2(CO[C@]3(CO[C@]4(CO[C@]5(CO[C@]6(CO)OC(CO)C(O)C6O)OC(CO)C(O)C5O)OC(CO)C(O)C4O)OC(CO)C(O)C3O)OC(CO)C(O)C2O)C(O)C(O)C1O. The van der Waals surface area contributed by atoms with Crippen LogP contribution in [0.2, 0.25) is 0 Å². The van der Waals surface area contributed by atoms with Crippen LogP contribution in [0.25, 0.3) is 0 Å². The summed E-state index contributed by atoms with van der Waals surface area (Å²) in [6, 6.07) is 0. The molecule has 6 aliphatic rings. The van der Waals surface area contributed by atoms with Gasteiger partial charge in [-0.2, -0.15) is 0 Å². The first-order valence-corrected chi connectivity index (χ1v) is 21.0. The van der Waals surface area contributed by atoms with E-state index in [-0.39, 0.29) is 0 Å². The van der Waals surface area contributed by atoms with Gasteiger partial charge in [0, 0.05) is 0 Å². The van der Waals surface area contributed by atoms with Gasteiger partial charge in [0.15, 0.2) is 6.29 Å². The van der Waals surface area contributed by atoms with Crippen LogP contribution in [-0.4, -0.2) is 326 Å². The van der Waals surface area contributed by atoms with Gasteiger partial charge < -0.3 is 154 Å². The Kier molecular flexibility index (Phi) is 17.6. The van der Waals surface area contributed by atoms with Crippen LogP contribution >= 0.6 is 0 Å². The summed E-state index contributed by atoms with van der Waals surface area (Å²) in [4.78, 5) is 0. The second kappa shape index (κ2) is 21.5. The minimum Gasteiger partial charge on any atom is -0.394 e. The Morgan fingerprint density at radius 3 is 0.881 bits per heavy atom. The van der Waals surface area contributed by atoms with E-state index in [1.54, 1.807) is 0 Å². The average Bonchev–Trinajstić information content (AvgIpc) is 4.00. The number of aliphatic hydroxyl groups excluding tert-OH is 20. The largest absolute Gasteiger partial charge is 0.394 e. The molecular formula is C36H62O31. The summed E-state index contributed by atoms with van der Waals surface area (Å²) in [7, 11) is 0. The molecule has 0 amide bonds. The molecule has 25 atom stereocenters. The predicted octanol–water partition coefficient (Wildman–Crippen LogP) is -14.1. The van der Waals surface area contributed by atoms with Crippen molar-refractivity contribution in [2.24, 2.45) is 0 Å². The van der Waals surface area contributed by atoms with Crippen molar-refractivity contribution in [3.8, 4) is 0 Å². The molecule has 392 valence electrons. The maximum Gasteiger partial charge on any atom is 0.224 e. The van der Waals surface area contributed by atoms with Crippen LogP contribution in [0.15, 0.2) is 0 Å². The summed E-state index contributed by atoms with van der Waals surface area (Å²) in [5.41, 5.74) is 0. The molecule has 0 spiro atoms. The van der Waals surface area contributed by atoms with E-state index in [9.17, 15) is 102 Å². The molecule has 0 aliphatic carbocycles. The van der Waals surface area contributed by atoms with E-state index in [2.05, 4.69) is 0 Å². The minimum atomic E-state index is -2.90. The van der Waals surface area contributed by atoms with Crippen LogP contribution in [0.1, 0.15) is 0 Å².